The van der Waals surface area contributed by atoms with Crippen molar-refractivity contribution in [1.82, 2.24) is 19.9 Å². The van der Waals surface area contributed by atoms with Crippen molar-refractivity contribution in [2.24, 2.45) is 0 Å². The van der Waals surface area contributed by atoms with E-state index in [2.05, 4.69) is 50.3 Å². The molecule has 3 heterocycles. The molecule has 0 spiro atoms. The lowest BCUT2D eigenvalue weighted by Gasteiger charge is -2.31. The number of aromatic nitrogens is 3. The summed E-state index contributed by atoms with van der Waals surface area (Å²) in [4.78, 5) is 14.2. The van der Waals surface area contributed by atoms with Gasteiger partial charge in [-0.3, -0.25) is 0 Å². The number of aromatic amines is 1. The van der Waals surface area contributed by atoms with Gasteiger partial charge in [0.2, 0.25) is 0 Å². The van der Waals surface area contributed by atoms with Gasteiger partial charge in [-0.05, 0) is 37.0 Å². The number of piperidine rings is 1. The number of nitrogens with one attached hydrogen (secondary N) is 1. The van der Waals surface area contributed by atoms with Crippen LogP contribution >= 0.6 is 0 Å². The van der Waals surface area contributed by atoms with E-state index in [1.165, 1.54) is 16.5 Å². The minimum atomic E-state index is 0.233. The first kappa shape index (κ1) is 15.1. The summed E-state index contributed by atoms with van der Waals surface area (Å²) in [6, 6.07) is 10.8. The average molecular weight is 322 g/mol. The van der Waals surface area contributed by atoms with Crippen molar-refractivity contribution < 1.29 is 4.74 Å². The summed E-state index contributed by atoms with van der Waals surface area (Å²) in [5.74, 6) is 0. The summed E-state index contributed by atoms with van der Waals surface area (Å²) in [6.07, 6.45) is 8.97. The van der Waals surface area contributed by atoms with Gasteiger partial charge in [-0.15, -0.1) is 0 Å². The van der Waals surface area contributed by atoms with Crippen LogP contribution in [-0.4, -0.2) is 45.6 Å². The van der Waals surface area contributed by atoms with Crippen molar-refractivity contribution in [1.29, 1.82) is 0 Å². The van der Waals surface area contributed by atoms with Crippen LogP contribution < -0.4 is 4.74 Å². The molecule has 24 heavy (non-hydrogen) atoms. The lowest BCUT2D eigenvalue weighted by atomic mass is 10.1. The van der Waals surface area contributed by atoms with Crippen LogP contribution in [-0.2, 0) is 6.42 Å². The van der Waals surface area contributed by atoms with E-state index in [1.54, 1.807) is 18.5 Å². The molecule has 1 aromatic carbocycles. The number of rotatable bonds is 5. The van der Waals surface area contributed by atoms with Crippen LogP contribution in [0.5, 0.6) is 6.01 Å². The second kappa shape index (κ2) is 7.01. The predicted molar refractivity (Wildman–Crippen MR) is 94.1 cm³/mol. The number of para-hydroxylation sites is 1. The third kappa shape index (κ3) is 3.41. The quantitative estimate of drug-likeness (QED) is 0.784. The van der Waals surface area contributed by atoms with E-state index < -0.39 is 0 Å². The zero-order valence-electron chi connectivity index (χ0n) is 13.7. The third-order valence-corrected chi connectivity index (χ3v) is 4.72. The maximum atomic E-state index is 5.86. The van der Waals surface area contributed by atoms with Crippen LogP contribution in [0.4, 0.5) is 0 Å². The van der Waals surface area contributed by atoms with E-state index in [0.29, 0.717) is 6.01 Å². The minimum absolute atomic E-state index is 0.233. The van der Waals surface area contributed by atoms with E-state index >= 15 is 0 Å². The molecule has 0 aliphatic carbocycles. The Kier molecular flexibility index (Phi) is 4.42. The van der Waals surface area contributed by atoms with Crippen molar-refractivity contribution in [2.75, 3.05) is 19.6 Å². The van der Waals surface area contributed by atoms with Crippen molar-refractivity contribution in [3.05, 3.63) is 54.5 Å². The van der Waals surface area contributed by atoms with E-state index in [9.17, 15) is 0 Å². The first-order chi connectivity index (χ1) is 11.9. The molecule has 3 aromatic rings. The largest absolute Gasteiger partial charge is 0.460 e. The maximum absolute atomic E-state index is 5.86. The van der Waals surface area contributed by atoms with E-state index in [0.717, 1.165) is 38.9 Å². The number of ether oxygens (including phenoxy) is 1. The van der Waals surface area contributed by atoms with Crippen LogP contribution in [0.1, 0.15) is 18.4 Å². The highest BCUT2D eigenvalue weighted by Crippen LogP contribution is 2.20. The molecule has 124 valence electrons. The van der Waals surface area contributed by atoms with E-state index in [-0.39, 0.29) is 6.10 Å². The Morgan fingerprint density at radius 2 is 1.88 bits per heavy atom. The van der Waals surface area contributed by atoms with Gasteiger partial charge >= 0.3 is 6.01 Å². The van der Waals surface area contributed by atoms with Gasteiger partial charge in [0.1, 0.15) is 6.10 Å². The molecular weight excluding hydrogens is 300 g/mol. The van der Waals surface area contributed by atoms with Crippen LogP contribution in [0.15, 0.2) is 48.9 Å². The highest BCUT2D eigenvalue weighted by Gasteiger charge is 2.21. The molecule has 1 aliphatic heterocycles. The number of nitrogens with zero attached hydrogens (tertiary/aromatic N) is 3. The van der Waals surface area contributed by atoms with Gasteiger partial charge in [0, 0.05) is 49.1 Å². The van der Waals surface area contributed by atoms with Crippen molar-refractivity contribution in [3.63, 3.8) is 0 Å². The average Bonchev–Trinajstić information content (AvgIpc) is 3.05. The molecule has 1 saturated heterocycles. The fourth-order valence-electron chi connectivity index (χ4n) is 3.36. The van der Waals surface area contributed by atoms with Crippen molar-refractivity contribution >= 4 is 10.9 Å². The predicted octanol–water partition coefficient (Wildman–Crippen LogP) is 3.04. The second-order valence-corrected chi connectivity index (χ2v) is 6.30. The summed E-state index contributed by atoms with van der Waals surface area (Å²) in [5, 5.41) is 1.34. The second-order valence-electron chi connectivity index (χ2n) is 6.30. The smallest absolute Gasteiger partial charge is 0.316 e. The Morgan fingerprint density at radius 3 is 2.71 bits per heavy atom. The summed E-state index contributed by atoms with van der Waals surface area (Å²) in [7, 11) is 0. The molecule has 0 saturated carbocycles. The highest BCUT2D eigenvalue weighted by molar-refractivity contribution is 5.83. The third-order valence-electron chi connectivity index (χ3n) is 4.72. The van der Waals surface area contributed by atoms with Gasteiger partial charge in [-0.25, -0.2) is 9.97 Å². The molecule has 0 bridgehead atoms. The van der Waals surface area contributed by atoms with Gasteiger partial charge in [-0.1, -0.05) is 18.2 Å². The van der Waals surface area contributed by atoms with Crippen LogP contribution in [0.25, 0.3) is 10.9 Å². The lowest BCUT2D eigenvalue weighted by molar-refractivity contribution is 0.0934. The Bertz CT molecular complexity index is 778. The number of benzene rings is 1. The summed E-state index contributed by atoms with van der Waals surface area (Å²) >= 11 is 0. The zero-order valence-corrected chi connectivity index (χ0v) is 13.7. The molecule has 5 nitrogen and oxygen atoms in total. The first-order valence-corrected chi connectivity index (χ1v) is 8.59. The Balaban J connectivity index is 1.27. The number of hydrogen-bond acceptors (Lipinski definition) is 4. The normalized spacial score (nSPS) is 16.5. The van der Waals surface area contributed by atoms with Crippen molar-refractivity contribution in [2.45, 2.75) is 25.4 Å². The Hall–Kier alpha value is -2.40. The topological polar surface area (TPSA) is 54.0 Å². The minimum Gasteiger partial charge on any atom is -0.460 e. The lowest BCUT2D eigenvalue weighted by Crippen LogP contribution is -2.39. The number of likely N-dealkylation sites (tertiary alicyclic amines) is 1. The zero-order chi connectivity index (χ0) is 16.2. The van der Waals surface area contributed by atoms with E-state index in [4.69, 9.17) is 4.74 Å². The molecule has 0 unspecified atom stereocenters. The van der Waals surface area contributed by atoms with Gasteiger partial charge in [0.25, 0.3) is 0 Å². The van der Waals surface area contributed by atoms with Crippen LogP contribution in [0.3, 0.4) is 0 Å². The van der Waals surface area contributed by atoms with Gasteiger partial charge < -0.3 is 14.6 Å². The van der Waals surface area contributed by atoms with Crippen LogP contribution in [0.2, 0.25) is 0 Å². The SMILES string of the molecule is c1cnc(OC2CCN(CCc3c[nH]c4ccccc34)CC2)nc1. The van der Waals surface area contributed by atoms with Crippen LogP contribution in [0, 0.1) is 0 Å². The molecule has 0 atom stereocenters. The standard InChI is InChI=1S/C19H22N4O/c1-2-5-18-17(4-1)15(14-22-18)6-11-23-12-7-16(8-13-23)24-19-20-9-3-10-21-19/h1-5,9-10,14,16,22H,6-8,11-13H2. The number of hydrogen-bond donors (Lipinski definition) is 1. The Morgan fingerprint density at radius 1 is 1.08 bits per heavy atom. The molecule has 4 rings (SSSR count). The molecule has 0 radical (unpaired) electrons. The van der Waals surface area contributed by atoms with Gasteiger partial charge in [0.15, 0.2) is 0 Å². The molecule has 2 aromatic heterocycles. The summed E-state index contributed by atoms with van der Waals surface area (Å²) in [5.41, 5.74) is 2.63. The number of fused-ring (bicyclic) bond motifs is 1. The molecule has 1 N–H and O–H groups in total. The van der Waals surface area contributed by atoms with Crippen molar-refractivity contribution in [3.8, 4) is 6.01 Å². The molecular formula is C19H22N4O. The molecule has 0 amide bonds. The Labute approximate surface area is 141 Å². The molecule has 5 heteroatoms. The first-order valence-electron chi connectivity index (χ1n) is 8.59. The summed E-state index contributed by atoms with van der Waals surface area (Å²) < 4.78 is 5.86. The fourth-order valence-corrected chi connectivity index (χ4v) is 3.36. The maximum Gasteiger partial charge on any atom is 0.316 e. The van der Waals surface area contributed by atoms with Gasteiger partial charge in [-0.2, -0.15) is 0 Å². The number of H-pyrrole nitrogens is 1. The monoisotopic (exact) mass is 322 g/mol. The van der Waals surface area contributed by atoms with Gasteiger partial charge in [0.05, 0.1) is 0 Å². The highest BCUT2D eigenvalue weighted by atomic mass is 16.5. The molecule has 1 aliphatic rings. The summed E-state index contributed by atoms with van der Waals surface area (Å²) in [6.45, 7) is 3.23. The van der Waals surface area contributed by atoms with E-state index in [1.807, 2.05) is 0 Å². The molecule has 1 fully saturated rings. The fraction of sp³-hybridized carbons (Fsp3) is 0.368.